The lowest BCUT2D eigenvalue weighted by Gasteiger charge is -2.03. The molecule has 17 heavy (non-hydrogen) atoms. The molecule has 2 aromatic rings. The van der Waals surface area contributed by atoms with Crippen molar-refractivity contribution >= 4 is 0 Å². The summed E-state index contributed by atoms with van der Waals surface area (Å²) in [6.45, 7) is 0.617. The number of rotatable bonds is 2. The third-order valence-electron chi connectivity index (χ3n) is 2.97. The van der Waals surface area contributed by atoms with Crippen LogP contribution in [0.3, 0.4) is 0 Å². The molecule has 1 aromatic carbocycles. The Bertz CT molecular complexity index is 496. The van der Waals surface area contributed by atoms with Crippen LogP contribution in [0.1, 0.15) is 18.3 Å². The second-order valence-corrected chi connectivity index (χ2v) is 4.26. The third-order valence-corrected chi connectivity index (χ3v) is 2.97. The monoisotopic (exact) mass is 230 g/mol. The molecular formula is C12H14N4O. The normalized spacial score (nSPS) is 24.1. The van der Waals surface area contributed by atoms with Gasteiger partial charge in [-0.05, 0) is 6.42 Å². The lowest BCUT2D eigenvalue weighted by molar-refractivity contribution is 0.193. The first-order valence-corrected chi connectivity index (χ1v) is 5.72. The van der Waals surface area contributed by atoms with E-state index in [9.17, 15) is 5.11 Å². The van der Waals surface area contributed by atoms with Gasteiger partial charge >= 0.3 is 0 Å². The highest BCUT2D eigenvalue weighted by Gasteiger charge is 2.26. The van der Waals surface area contributed by atoms with E-state index >= 15 is 0 Å². The van der Waals surface area contributed by atoms with Crippen molar-refractivity contribution in [1.29, 1.82) is 0 Å². The van der Waals surface area contributed by atoms with Crippen LogP contribution in [0.25, 0.3) is 11.4 Å². The Kier molecular flexibility index (Phi) is 2.62. The number of nitrogens with zero attached hydrogens (tertiary/aromatic N) is 2. The quantitative estimate of drug-likeness (QED) is 0.715. The molecule has 1 aliphatic rings. The van der Waals surface area contributed by atoms with Crippen molar-refractivity contribution in [2.24, 2.45) is 0 Å². The van der Waals surface area contributed by atoms with E-state index < -0.39 is 0 Å². The number of hydrogen-bond donors (Lipinski definition) is 3. The molecule has 0 amide bonds. The largest absolute Gasteiger partial charge is 0.392 e. The van der Waals surface area contributed by atoms with Crippen LogP contribution in [0, 0.1) is 0 Å². The van der Waals surface area contributed by atoms with Gasteiger partial charge in [-0.2, -0.15) is 5.10 Å². The Balaban J connectivity index is 1.84. The minimum absolute atomic E-state index is 0.0787. The molecule has 3 rings (SSSR count). The van der Waals surface area contributed by atoms with Crippen molar-refractivity contribution in [1.82, 2.24) is 20.5 Å². The highest BCUT2D eigenvalue weighted by molar-refractivity contribution is 5.53. The van der Waals surface area contributed by atoms with E-state index in [-0.39, 0.29) is 12.1 Å². The van der Waals surface area contributed by atoms with Crippen LogP contribution in [-0.4, -0.2) is 32.9 Å². The first kappa shape index (κ1) is 10.4. The maximum atomic E-state index is 9.46. The molecule has 0 spiro atoms. The molecule has 0 saturated carbocycles. The predicted octanol–water partition coefficient (Wildman–Crippen LogP) is 0.867. The second-order valence-electron chi connectivity index (χ2n) is 4.26. The summed E-state index contributed by atoms with van der Waals surface area (Å²) in [5.41, 5.74) is 0.994. The van der Waals surface area contributed by atoms with Crippen LogP contribution in [-0.2, 0) is 0 Å². The zero-order valence-corrected chi connectivity index (χ0v) is 9.30. The zero-order chi connectivity index (χ0) is 11.7. The van der Waals surface area contributed by atoms with Crippen LogP contribution < -0.4 is 5.32 Å². The Morgan fingerprint density at radius 3 is 2.76 bits per heavy atom. The Morgan fingerprint density at radius 2 is 2.06 bits per heavy atom. The van der Waals surface area contributed by atoms with E-state index in [1.807, 2.05) is 30.3 Å². The number of aliphatic hydroxyl groups excluding tert-OH is 1. The van der Waals surface area contributed by atoms with Crippen LogP contribution in [0.4, 0.5) is 0 Å². The smallest absolute Gasteiger partial charge is 0.181 e. The Hall–Kier alpha value is -1.72. The summed E-state index contributed by atoms with van der Waals surface area (Å²) in [6.07, 6.45) is 0.397. The molecule has 1 aliphatic heterocycles. The van der Waals surface area contributed by atoms with E-state index in [1.54, 1.807) is 0 Å². The number of hydrogen-bond acceptors (Lipinski definition) is 4. The van der Waals surface area contributed by atoms with E-state index in [2.05, 4.69) is 20.5 Å². The Labute approximate surface area is 98.9 Å². The van der Waals surface area contributed by atoms with Crippen molar-refractivity contribution in [3.8, 4) is 11.4 Å². The highest BCUT2D eigenvalue weighted by Crippen LogP contribution is 2.22. The molecule has 0 unspecified atom stereocenters. The van der Waals surface area contributed by atoms with Crippen molar-refractivity contribution < 1.29 is 5.11 Å². The average Bonchev–Trinajstić information content (AvgIpc) is 2.98. The average molecular weight is 230 g/mol. The van der Waals surface area contributed by atoms with E-state index in [0.717, 1.165) is 11.4 Å². The maximum Gasteiger partial charge on any atom is 0.181 e. The molecule has 1 saturated heterocycles. The number of H-pyrrole nitrogens is 1. The molecule has 5 heteroatoms. The summed E-state index contributed by atoms with van der Waals surface area (Å²) in [6, 6.07) is 9.92. The van der Waals surface area contributed by atoms with Crippen LogP contribution in [0.2, 0.25) is 0 Å². The third kappa shape index (κ3) is 2.07. The molecule has 5 nitrogen and oxygen atoms in total. The fourth-order valence-electron chi connectivity index (χ4n) is 2.07. The van der Waals surface area contributed by atoms with E-state index in [0.29, 0.717) is 18.8 Å². The minimum Gasteiger partial charge on any atom is -0.392 e. The number of aromatic nitrogens is 3. The molecule has 2 heterocycles. The van der Waals surface area contributed by atoms with Gasteiger partial charge in [0, 0.05) is 12.1 Å². The van der Waals surface area contributed by atoms with E-state index in [1.165, 1.54) is 0 Å². The topological polar surface area (TPSA) is 73.8 Å². The fraction of sp³-hybridized carbons (Fsp3) is 0.333. The second kappa shape index (κ2) is 4.27. The summed E-state index contributed by atoms with van der Waals surface area (Å²) in [5.74, 6) is 1.49. The standard InChI is InChI=1S/C12H14N4O/c17-9-6-10(13-7-9)12-14-11(15-16-12)8-4-2-1-3-5-8/h1-5,9-10,13,17H,6-7H2,(H,14,15,16)/t9-,10-/m0/s1. The number of aliphatic hydroxyl groups is 1. The summed E-state index contributed by atoms with van der Waals surface area (Å²) >= 11 is 0. The molecule has 88 valence electrons. The van der Waals surface area contributed by atoms with Gasteiger partial charge in [0.15, 0.2) is 5.82 Å². The predicted molar refractivity (Wildman–Crippen MR) is 63.2 cm³/mol. The van der Waals surface area contributed by atoms with Gasteiger partial charge in [-0.1, -0.05) is 30.3 Å². The van der Waals surface area contributed by atoms with Crippen molar-refractivity contribution in [3.63, 3.8) is 0 Å². The molecule has 2 atom stereocenters. The van der Waals surface area contributed by atoms with Crippen molar-refractivity contribution in [3.05, 3.63) is 36.2 Å². The summed E-state index contributed by atoms with van der Waals surface area (Å²) in [5, 5.41) is 19.8. The van der Waals surface area contributed by atoms with Crippen molar-refractivity contribution in [2.75, 3.05) is 6.54 Å². The van der Waals surface area contributed by atoms with Gasteiger partial charge in [0.1, 0.15) is 5.82 Å². The number of nitrogens with one attached hydrogen (secondary N) is 2. The minimum atomic E-state index is -0.287. The first-order chi connectivity index (χ1) is 8.33. The molecule has 1 fully saturated rings. The summed E-state index contributed by atoms with van der Waals surface area (Å²) < 4.78 is 0. The molecule has 1 aromatic heterocycles. The van der Waals surface area contributed by atoms with Crippen LogP contribution in [0.15, 0.2) is 30.3 Å². The lowest BCUT2D eigenvalue weighted by atomic mass is 10.2. The highest BCUT2D eigenvalue weighted by atomic mass is 16.3. The maximum absolute atomic E-state index is 9.46. The van der Waals surface area contributed by atoms with Gasteiger partial charge in [0.2, 0.25) is 0 Å². The summed E-state index contributed by atoms with van der Waals surface area (Å²) in [7, 11) is 0. The van der Waals surface area contributed by atoms with Gasteiger partial charge in [0.25, 0.3) is 0 Å². The summed E-state index contributed by atoms with van der Waals surface area (Å²) in [4.78, 5) is 4.46. The van der Waals surface area contributed by atoms with Gasteiger partial charge in [-0.3, -0.25) is 5.10 Å². The number of aromatic amines is 1. The van der Waals surface area contributed by atoms with Gasteiger partial charge in [0.05, 0.1) is 12.1 Å². The molecular weight excluding hydrogens is 216 g/mol. The molecule has 0 bridgehead atoms. The van der Waals surface area contributed by atoms with Crippen LogP contribution >= 0.6 is 0 Å². The number of benzene rings is 1. The Morgan fingerprint density at radius 1 is 1.24 bits per heavy atom. The van der Waals surface area contributed by atoms with Crippen LogP contribution in [0.5, 0.6) is 0 Å². The van der Waals surface area contributed by atoms with Gasteiger partial charge in [-0.15, -0.1) is 0 Å². The first-order valence-electron chi connectivity index (χ1n) is 5.72. The van der Waals surface area contributed by atoms with E-state index in [4.69, 9.17) is 0 Å². The zero-order valence-electron chi connectivity index (χ0n) is 9.30. The van der Waals surface area contributed by atoms with Crippen molar-refractivity contribution in [2.45, 2.75) is 18.6 Å². The number of β-amino-alcohol motifs (C(OH)–C–C–N with tert-alkyl or cyclic N) is 1. The van der Waals surface area contributed by atoms with Gasteiger partial charge in [-0.25, -0.2) is 4.98 Å². The molecule has 3 N–H and O–H groups in total. The lowest BCUT2D eigenvalue weighted by Crippen LogP contribution is -2.15. The fourth-order valence-corrected chi connectivity index (χ4v) is 2.07. The SMILES string of the molecule is O[C@@H]1CN[C@H](c2nc(-c3ccccc3)n[nH]2)C1. The molecule has 0 radical (unpaired) electrons. The molecule has 0 aliphatic carbocycles. The van der Waals surface area contributed by atoms with Gasteiger partial charge < -0.3 is 10.4 Å².